The third-order valence-electron chi connectivity index (χ3n) is 6.47. The highest BCUT2D eigenvalue weighted by molar-refractivity contribution is 6.99. The van der Waals surface area contributed by atoms with Gasteiger partial charge in [-0.25, -0.2) is 0 Å². The fraction of sp³-hybridized carbons (Fsp3) is 0.267. The summed E-state index contributed by atoms with van der Waals surface area (Å²) < 4.78 is 7.26. The highest BCUT2D eigenvalue weighted by Gasteiger charge is 2.50. The smallest absolute Gasteiger partial charge is 0.261 e. The third kappa shape index (κ3) is 4.61. The van der Waals surface area contributed by atoms with Crippen molar-refractivity contribution in [1.82, 2.24) is 4.98 Å². The standard InChI is InChI=1S/C30H35NOSi/c1-23(2)20-21-29-27(26-18-12-13-19-28(26)31-29)22-32-33(30(3,4)5,24-14-8-6-9-15-24)25-16-10-7-11-17-25/h6-20,31H,21-22H2,1-5H3. The molecule has 3 aromatic carbocycles. The van der Waals surface area contributed by atoms with Crippen molar-refractivity contribution in [3.05, 3.63) is 108 Å². The number of nitrogens with one attached hydrogen (secondary N) is 1. The van der Waals surface area contributed by atoms with Crippen LogP contribution in [-0.4, -0.2) is 13.3 Å². The number of benzene rings is 3. The Morgan fingerprint density at radius 2 is 1.36 bits per heavy atom. The van der Waals surface area contributed by atoms with E-state index in [2.05, 4.69) is 131 Å². The van der Waals surface area contributed by atoms with Crippen LogP contribution in [0.15, 0.2) is 96.6 Å². The molecule has 0 bridgehead atoms. The van der Waals surface area contributed by atoms with E-state index in [1.807, 2.05) is 0 Å². The number of para-hydroxylation sites is 1. The molecule has 0 spiro atoms. The van der Waals surface area contributed by atoms with Gasteiger partial charge in [0.1, 0.15) is 0 Å². The number of fused-ring (bicyclic) bond motifs is 1. The second-order valence-corrected chi connectivity index (χ2v) is 14.4. The lowest BCUT2D eigenvalue weighted by molar-refractivity contribution is 0.286. The minimum atomic E-state index is -2.59. The van der Waals surface area contributed by atoms with Gasteiger partial charge in [-0.05, 0) is 35.3 Å². The van der Waals surface area contributed by atoms with Crippen LogP contribution >= 0.6 is 0 Å². The van der Waals surface area contributed by atoms with E-state index in [1.54, 1.807) is 0 Å². The minimum Gasteiger partial charge on any atom is -0.403 e. The predicted molar refractivity (Wildman–Crippen MR) is 144 cm³/mol. The van der Waals surface area contributed by atoms with Gasteiger partial charge < -0.3 is 9.41 Å². The molecule has 0 atom stereocenters. The number of rotatable bonds is 7. The van der Waals surface area contributed by atoms with Gasteiger partial charge in [-0.2, -0.15) is 0 Å². The molecule has 170 valence electrons. The van der Waals surface area contributed by atoms with E-state index in [0.717, 1.165) is 6.42 Å². The van der Waals surface area contributed by atoms with Crippen molar-refractivity contribution >= 4 is 29.6 Å². The van der Waals surface area contributed by atoms with Crippen LogP contribution in [0.25, 0.3) is 10.9 Å². The Kier molecular flexibility index (Phi) is 6.73. The van der Waals surface area contributed by atoms with Crippen LogP contribution in [0, 0.1) is 0 Å². The van der Waals surface area contributed by atoms with Gasteiger partial charge in [0.05, 0.1) is 6.61 Å². The van der Waals surface area contributed by atoms with Gasteiger partial charge in [-0.1, -0.05) is 111 Å². The summed E-state index contributed by atoms with van der Waals surface area (Å²) in [7, 11) is -2.59. The van der Waals surface area contributed by atoms with Crippen LogP contribution in [0.2, 0.25) is 5.04 Å². The molecule has 0 fully saturated rings. The fourth-order valence-electron chi connectivity index (χ4n) is 4.84. The predicted octanol–water partition coefficient (Wildman–Crippen LogP) is 6.75. The maximum Gasteiger partial charge on any atom is 0.261 e. The number of aromatic nitrogens is 1. The van der Waals surface area contributed by atoms with Crippen LogP contribution < -0.4 is 10.4 Å². The Balaban J connectivity index is 1.85. The van der Waals surface area contributed by atoms with E-state index in [-0.39, 0.29) is 5.04 Å². The highest BCUT2D eigenvalue weighted by Crippen LogP contribution is 2.38. The summed E-state index contributed by atoms with van der Waals surface area (Å²) in [5, 5.41) is 3.85. The van der Waals surface area contributed by atoms with E-state index in [4.69, 9.17) is 4.43 Å². The van der Waals surface area contributed by atoms with Crippen LogP contribution in [0.3, 0.4) is 0 Å². The average Bonchev–Trinajstić information content (AvgIpc) is 3.16. The minimum absolute atomic E-state index is 0.0398. The van der Waals surface area contributed by atoms with Crippen molar-refractivity contribution in [3.63, 3.8) is 0 Å². The third-order valence-corrected chi connectivity index (χ3v) is 11.4. The summed E-state index contributed by atoms with van der Waals surface area (Å²) in [6.07, 6.45) is 3.17. The maximum atomic E-state index is 7.26. The molecule has 0 saturated heterocycles. The molecule has 4 aromatic rings. The number of hydrogen-bond acceptors (Lipinski definition) is 1. The summed E-state index contributed by atoms with van der Waals surface area (Å²) in [5.41, 5.74) is 5.02. The average molecular weight is 454 g/mol. The number of aromatic amines is 1. The van der Waals surface area contributed by atoms with E-state index in [9.17, 15) is 0 Å². The quantitative estimate of drug-likeness (QED) is 0.243. The topological polar surface area (TPSA) is 25.0 Å². The van der Waals surface area contributed by atoms with Gasteiger partial charge in [-0.15, -0.1) is 0 Å². The molecule has 0 aliphatic heterocycles. The molecule has 1 aromatic heterocycles. The van der Waals surface area contributed by atoms with Crippen molar-refractivity contribution in [2.24, 2.45) is 0 Å². The van der Waals surface area contributed by atoms with Gasteiger partial charge in [0, 0.05) is 28.6 Å². The van der Waals surface area contributed by atoms with Crippen molar-refractivity contribution in [2.75, 3.05) is 0 Å². The molecule has 33 heavy (non-hydrogen) atoms. The molecule has 2 nitrogen and oxygen atoms in total. The van der Waals surface area contributed by atoms with Gasteiger partial charge in [0.2, 0.25) is 0 Å². The molecule has 0 radical (unpaired) electrons. The number of H-pyrrole nitrogens is 1. The fourth-order valence-corrected chi connectivity index (χ4v) is 9.36. The molecule has 0 saturated carbocycles. The first-order valence-corrected chi connectivity index (χ1v) is 13.7. The van der Waals surface area contributed by atoms with E-state index < -0.39 is 8.32 Å². The largest absolute Gasteiger partial charge is 0.403 e. The lowest BCUT2D eigenvalue weighted by Gasteiger charge is -2.43. The first-order valence-electron chi connectivity index (χ1n) is 11.8. The zero-order valence-corrected chi connectivity index (χ0v) is 21.5. The normalized spacial score (nSPS) is 12.2. The molecule has 4 rings (SSSR count). The second kappa shape index (κ2) is 9.54. The lowest BCUT2D eigenvalue weighted by Crippen LogP contribution is -2.66. The lowest BCUT2D eigenvalue weighted by atomic mass is 10.1. The Labute approximate surface area is 199 Å². The van der Waals surface area contributed by atoms with Gasteiger partial charge >= 0.3 is 0 Å². The Morgan fingerprint density at radius 1 is 0.818 bits per heavy atom. The Hall–Kier alpha value is -2.88. The SMILES string of the molecule is CC(C)=CCc1[nH]c2ccccc2c1CO[Si](c1ccccc1)(c1ccccc1)C(C)(C)C. The number of allylic oxidation sites excluding steroid dienone is 2. The monoisotopic (exact) mass is 453 g/mol. The van der Waals surface area contributed by atoms with Gasteiger partial charge in [-0.3, -0.25) is 0 Å². The van der Waals surface area contributed by atoms with Crippen LogP contribution in [0.4, 0.5) is 0 Å². The molecule has 1 N–H and O–H groups in total. The maximum absolute atomic E-state index is 7.26. The van der Waals surface area contributed by atoms with Gasteiger partial charge in [0.25, 0.3) is 8.32 Å². The highest BCUT2D eigenvalue weighted by atomic mass is 28.4. The van der Waals surface area contributed by atoms with Crippen LogP contribution in [-0.2, 0) is 17.5 Å². The summed E-state index contributed by atoms with van der Waals surface area (Å²) >= 11 is 0. The summed E-state index contributed by atoms with van der Waals surface area (Å²) in [6.45, 7) is 11.9. The number of hydrogen-bond donors (Lipinski definition) is 1. The van der Waals surface area contributed by atoms with E-state index in [0.29, 0.717) is 6.61 Å². The molecule has 0 aliphatic carbocycles. The summed E-state index contributed by atoms with van der Waals surface area (Å²) in [5.74, 6) is 0. The van der Waals surface area contributed by atoms with Crippen molar-refractivity contribution in [2.45, 2.75) is 52.7 Å². The molecule has 0 aliphatic rings. The molecule has 3 heteroatoms. The second-order valence-electron chi connectivity index (χ2n) is 10.1. The van der Waals surface area contributed by atoms with Crippen molar-refractivity contribution < 1.29 is 4.43 Å². The zero-order valence-electron chi connectivity index (χ0n) is 20.5. The van der Waals surface area contributed by atoms with Crippen LogP contribution in [0.1, 0.15) is 45.9 Å². The first-order chi connectivity index (χ1) is 15.8. The molecular weight excluding hydrogens is 418 g/mol. The van der Waals surface area contributed by atoms with E-state index >= 15 is 0 Å². The van der Waals surface area contributed by atoms with Gasteiger partial charge in [0.15, 0.2) is 0 Å². The molecule has 1 heterocycles. The van der Waals surface area contributed by atoms with Crippen LogP contribution in [0.5, 0.6) is 0 Å². The zero-order chi connectivity index (χ0) is 23.5. The summed E-state index contributed by atoms with van der Waals surface area (Å²) in [4.78, 5) is 3.66. The van der Waals surface area contributed by atoms with Crippen molar-refractivity contribution in [3.8, 4) is 0 Å². The molecular formula is C30H35NOSi. The van der Waals surface area contributed by atoms with Crippen molar-refractivity contribution in [1.29, 1.82) is 0 Å². The summed E-state index contributed by atoms with van der Waals surface area (Å²) in [6, 6.07) is 30.3. The van der Waals surface area contributed by atoms with E-state index in [1.165, 1.54) is 38.1 Å². The molecule has 0 unspecified atom stereocenters. The molecule has 0 amide bonds. The first kappa shape index (κ1) is 23.3. The Morgan fingerprint density at radius 3 is 1.91 bits per heavy atom. The Bertz CT molecular complexity index is 1190.